The first-order chi connectivity index (χ1) is 9.39. The number of ketones is 1. The molecule has 0 aliphatic carbocycles. The first kappa shape index (κ1) is 19.8. The van der Waals surface area contributed by atoms with E-state index in [1.54, 1.807) is 0 Å². The maximum absolute atomic E-state index is 12.3. The average molecular weight is 320 g/mol. The van der Waals surface area contributed by atoms with Crippen molar-refractivity contribution in [3.63, 3.8) is 0 Å². The van der Waals surface area contributed by atoms with E-state index in [0.29, 0.717) is 6.08 Å². The molecule has 0 aromatic rings. The first-order valence-electron chi connectivity index (χ1n) is 6.47. The van der Waals surface area contributed by atoms with Crippen LogP contribution in [0.25, 0.3) is 0 Å². The highest BCUT2D eigenvalue weighted by Gasteiger charge is 2.35. The van der Waals surface area contributed by atoms with Crippen LogP contribution in [0.4, 0.5) is 26.3 Å². The van der Waals surface area contributed by atoms with Crippen molar-refractivity contribution in [2.24, 2.45) is 11.8 Å². The molecule has 0 aliphatic rings. The van der Waals surface area contributed by atoms with Crippen LogP contribution in [0.5, 0.6) is 0 Å². The first-order valence-corrected chi connectivity index (χ1v) is 6.47. The molecule has 0 aliphatic heterocycles. The molecule has 0 saturated carbocycles. The smallest absolute Gasteiger partial charge is 0.389 e. The van der Waals surface area contributed by atoms with Crippen molar-refractivity contribution in [3.8, 4) is 0 Å². The zero-order valence-corrected chi connectivity index (χ0v) is 11.7. The Labute approximate surface area is 118 Å². The van der Waals surface area contributed by atoms with Gasteiger partial charge in [-0.2, -0.15) is 26.3 Å². The van der Waals surface area contributed by atoms with Gasteiger partial charge in [0, 0.05) is 17.9 Å². The summed E-state index contributed by atoms with van der Waals surface area (Å²) in [6.45, 7) is 2.75. The van der Waals surface area contributed by atoms with E-state index >= 15 is 0 Å². The van der Waals surface area contributed by atoms with Crippen molar-refractivity contribution in [2.45, 2.75) is 51.9 Å². The minimum absolute atomic E-state index is 0.0782. The summed E-state index contributed by atoms with van der Waals surface area (Å²) in [7, 11) is 0. The average Bonchev–Trinajstić information content (AvgIpc) is 2.30. The highest BCUT2D eigenvalue weighted by atomic mass is 19.4. The summed E-state index contributed by atoms with van der Waals surface area (Å²) in [4.78, 5) is 11.6. The molecule has 0 bridgehead atoms. The third-order valence-corrected chi connectivity index (χ3v) is 3.05. The van der Waals surface area contributed by atoms with Gasteiger partial charge in [0.15, 0.2) is 5.78 Å². The highest BCUT2D eigenvalue weighted by Crippen LogP contribution is 2.31. The van der Waals surface area contributed by atoms with Crippen LogP contribution in [0.2, 0.25) is 0 Å². The number of rotatable bonds is 7. The fourth-order valence-corrected chi connectivity index (χ4v) is 1.84. The van der Waals surface area contributed by atoms with Gasteiger partial charge in [-0.1, -0.05) is 13.8 Å². The zero-order valence-electron chi connectivity index (χ0n) is 11.7. The maximum Gasteiger partial charge on any atom is 0.389 e. The number of aliphatic hydroxyl groups excluding tert-OH is 1. The van der Waals surface area contributed by atoms with E-state index in [2.05, 4.69) is 0 Å². The largest absolute Gasteiger partial charge is 0.512 e. The van der Waals surface area contributed by atoms with Crippen LogP contribution in [0.3, 0.4) is 0 Å². The Hall–Kier alpha value is -1.21. The topological polar surface area (TPSA) is 37.3 Å². The molecule has 0 aromatic carbocycles. The molecule has 2 atom stereocenters. The van der Waals surface area contributed by atoms with E-state index in [9.17, 15) is 36.2 Å². The van der Waals surface area contributed by atoms with E-state index in [0.717, 1.165) is 0 Å². The summed E-state index contributed by atoms with van der Waals surface area (Å²) in [5.74, 6) is -4.54. The van der Waals surface area contributed by atoms with Gasteiger partial charge >= 0.3 is 12.4 Å². The van der Waals surface area contributed by atoms with Crippen molar-refractivity contribution >= 4 is 5.78 Å². The molecular weight excluding hydrogens is 302 g/mol. The summed E-state index contributed by atoms with van der Waals surface area (Å²) < 4.78 is 73.6. The monoisotopic (exact) mass is 320 g/mol. The Morgan fingerprint density at radius 2 is 1.33 bits per heavy atom. The molecule has 0 radical (unpaired) electrons. The minimum Gasteiger partial charge on any atom is -0.512 e. The van der Waals surface area contributed by atoms with Gasteiger partial charge in [0.25, 0.3) is 0 Å². The standard InChI is InChI=1S/C13H18F6O2/c1-3-8(6-12(14,15)16)10(20)5-11(21)9(4-2)7-13(17,18)19/h5,8-9,20H,3-4,6-7H2,1-2H3/b10-5-. The van der Waals surface area contributed by atoms with Gasteiger partial charge in [-0.25, -0.2) is 0 Å². The molecule has 0 heterocycles. The van der Waals surface area contributed by atoms with Crippen molar-refractivity contribution < 1.29 is 36.2 Å². The van der Waals surface area contributed by atoms with Crippen LogP contribution in [0, 0.1) is 11.8 Å². The molecule has 0 spiro atoms. The Bertz CT molecular complexity index is 370. The van der Waals surface area contributed by atoms with Gasteiger partial charge in [-0.15, -0.1) is 0 Å². The number of carbonyl (C=O) groups excluding carboxylic acids is 1. The summed E-state index contributed by atoms with van der Waals surface area (Å²) in [5, 5.41) is 9.54. The minimum atomic E-state index is -4.55. The van der Waals surface area contributed by atoms with Crippen LogP contribution in [-0.2, 0) is 4.79 Å². The Kier molecular flexibility index (Phi) is 7.26. The molecule has 2 nitrogen and oxygen atoms in total. The van der Waals surface area contributed by atoms with Crippen molar-refractivity contribution in [3.05, 3.63) is 11.8 Å². The van der Waals surface area contributed by atoms with Crippen molar-refractivity contribution in [1.82, 2.24) is 0 Å². The van der Waals surface area contributed by atoms with E-state index in [1.807, 2.05) is 0 Å². The molecule has 0 amide bonds. The van der Waals surface area contributed by atoms with E-state index in [-0.39, 0.29) is 12.8 Å². The van der Waals surface area contributed by atoms with Crippen LogP contribution in [0.15, 0.2) is 11.8 Å². The second-order valence-electron chi connectivity index (χ2n) is 4.82. The van der Waals surface area contributed by atoms with Crippen molar-refractivity contribution in [1.29, 1.82) is 0 Å². The maximum atomic E-state index is 12.3. The number of allylic oxidation sites excluding steroid dienone is 2. The predicted molar refractivity (Wildman–Crippen MR) is 64.6 cm³/mol. The lowest BCUT2D eigenvalue weighted by atomic mass is 9.93. The van der Waals surface area contributed by atoms with Gasteiger partial charge in [0.05, 0.1) is 18.6 Å². The Morgan fingerprint density at radius 1 is 0.952 bits per heavy atom. The zero-order chi connectivity index (χ0) is 16.8. The molecular formula is C13H18F6O2. The van der Waals surface area contributed by atoms with Crippen LogP contribution >= 0.6 is 0 Å². The fraction of sp³-hybridized carbons (Fsp3) is 0.769. The lowest BCUT2D eigenvalue weighted by Gasteiger charge is -2.18. The molecule has 21 heavy (non-hydrogen) atoms. The number of hydrogen-bond donors (Lipinski definition) is 1. The second-order valence-corrected chi connectivity index (χ2v) is 4.82. The molecule has 0 fully saturated rings. The normalized spacial score (nSPS) is 16.7. The molecule has 0 aromatic heterocycles. The molecule has 8 heteroatoms. The van der Waals surface area contributed by atoms with Gasteiger partial charge < -0.3 is 5.11 Å². The van der Waals surface area contributed by atoms with Crippen LogP contribution in [0.1, 0.15) is 39.5 Å². The highest BCUT2D eigenvalue weighted by molar-refractivity contribution is 5.92. The fourth-order valence-electron chi connectivity index (χ4n) is 1.84. The molecule has 124 valence electrons. The predicted octanol–water partition coefficient (Wildman–Crippen LogP) is 4.95. The number of alkyl halides is 6. The number of aliphatic hydroxyl groups is 1. The van der Waals surface area contributed by atoms with Crippen LogP contribution in [-0.4, -0.2) is 23.2 Å². The molecule has 0 saturated heterocycles. The lowest BCUT2D eigenvalue weighted by Crippen LogP contribution is -2.22. The molecule has 2 unspecified atom stereocenters. The van der Waals surface area contributed by atoms with Crippen LogP contribution < -0.4 is 0 Å². The summed E-state index contributed by atoms with van der Waals surface area (Å²) in [6.07, 6.45) is -11.4. The van der Waals surface area contributed by atoms with Gasteiger partial charge in [-0.3, -0.25) is 4.79 Å². The molecule has 0 rings (SSSR count). The van der Waals surface area contributed by atoms with Crippen molar-refractivity contribution in [2.75, 3.05) is 0 Å². The quantitative estimate of drug-likeness (QED) is 0.409. The van der Waals surface area contributed by atoms with Gasteiger partial charge in [-0.05, 0) is 12.8 Å². The number of carbonyl (C=O) groups is 1. The second kappa shape index (κ2) is 7.70. The third-order valence-electron chi connectivity index (χ3n) is 3.05. The molecule has 1 N–H and O–H groups in total. The number of halogens is 6. The SMILES string of the molecule is CCC(CC(F)(F)F)C(=O)/C=C(\O)C(CC)CC(F)(F)F. The van der Waals surface area contributed by atoms with E-state index in [1.165, 1.54) is 13.8 Å². The summed E-state index contributed by atoms with van der Waals surface area (Å²) in [5.41, 5.74) is 0. The van der Waals surface area contributed by atoms with Gasteiger partial charge in [0.2, 0.25) is 0 Å². The summed E-state index contributed by atoms with van der Waals surface area (Å²) in [6, 6.07) is 0. The van der Waals surface area contributed by atoms with Gasteiger partial charge in [0.1, 0.15) is 0 Å². The third kappa shape index (κ3) is 8.62. The van der Waals surface area contributed by atoms with E-state index < -0.39 is 48.6 Å². The summed E-state index contributed by atoms with van der Waals surface area (Å²) >= 11 is 0. The Balaban J connectivity index is 4.96. The Morgan fingerprint density at radius 3 is 1.67 bits per heavy atom. The number of hydrogen-bond acceptors (Lipinski definition) is 2. The lowest BCUT2D eigenvalue weighted by molar-refractivity contribution is -0.151. The van der Waals surface area contributed by atoms with E-state index in [4.69, 9.17) is 0 Å².